The van der Waals surface area contributed by atoms with Crippen molar-refractivity contribution in [3.05, 3.63) is 47.5 Å². The Bertz CT molecular complexity index is 800. The molecule has 0 unspecified atom stereocenters. The van der Waals surface area contributed by atoms with E-state index >= 15 is 0 Å². The third-order valence-electron chi connectivity index (χ3n) is 3.64. The molecule has 2 rings (SSSR count). The fraction of sp³-hybridized carbons (Fsp3) is 0.238. The third-order valence-corrected chi connectivity index (χ3v) is 3.64. The second kappa shape index (κ2) is 9.42. The fourth-order valence-corrected chi connectivity index (χ4v) is 2.38. The maximum absolute atomic E-state index is 11.0. The summed E-state index contributed by atoms with van der Waals surface area (Å²) >= 11 is 0. The molecule has 26 heavy (non-hydrogen) atoms. The van der Waals surface area contributed by atoms with Gasteiger partial charge in [0, 0.05) is 12.6 Å². The third kappa shape index (κ3) is 5.21. The first-order valence-corrected chi connectivity index (χ1v) is 8.17. The topological polar surface area (TPSA) is 57.1 Å². The zero-order valence-corrected chi connectivity index (χ0v) is 15.5. The van der Waals surface area contributed by atoms with Crippen LogP contribution in [0.2, 0.25) is 0 Å². The number of ketones is 1. The number of carbonyl (C=O) groups is 1. The van der Waals surface area contributed by atoms with Gasteiger partial charge in [0.25, 0.3) is 0 Å². The smallest absolute Gasteiger partial charge is 0.203 e. The van der Waals surface area contributed by atoms with E-state index in [1.807, 2.05) is 48.6 Å². The molecule has 0 aliphatic carbocycles. The van der Waals surface area contributed by atoms with Crippen molar-refractivity contribution in [3.63, 3.8) is 0 Å². The van der Waals surface area contributed by atoms with Gasteiger partial charge in [-0.25, -0.2) is 0 Å². The standard InChI is InChI=1S/C21H23NO4/c1-15(23)10-11-22-18-7-5-6-16(12-18)8-9-17-13-19(24-2)21(26-4)20(14-17)25-3/h5-9,11-14H,10H2,1-4H3/b9-8-,22-11?. The molecule has 0 aliphatic heterocycles. The first-order valence-electron chi connectivity index (χ1n) is 8.17. The lowest BCUT2D eigenvalue weighted by Gasteiger charge is -2.12. The van der Waals surface area contributed by atoms with Crippen LogP contribution in [0.3, 0.4) is 0 Å². The predicted octanol–water partition coefficient (Wildman–Crippen LogP) is 4.56. The SMILES string of the molecule is COc1cc(/C=C\c2cccc(N=CCC(C)=O)c2)cc(OC)c1OC. The Morgan fingerprint density at radius 1 is 0.962 bits per heavy atom. The van der Waals surface area contributed by atoms with E-state index in [4.69, 9.17) is 14.2 Å². The summed E-state index contributed by atoms with van der Waals surface area (Å²) in [6, 6.07) is 11.5. The molecule has 2 aromatic rings. The van der Waals surface area contributed by atoms with Crippen LogP contribution < -0.4 is 14.2 Å². The zero-order valence-electron chi connectivity index (χ0n) is 15.5. The Morgan fingerprint density at radius 3 is 2.19 bits per heavy atom. The molecule has 2 aromatic carbocycles. The number of nitrogens with zero attached hydrogens (tertiary/aromatic N) is 1. The quantitative estimate of drug-likeness (QED) is 0.515. The summed E-state index contributed by atoms with van der Waals surface area (Å²) in [7, 11) is 4.76. The highest BCUT2D eigenvalue weighted by Gasteiger charge is 2.11. The van der Waals surface area contributed by atoms with Crippen LogP contribution in [-0.2, 0) is 4.79 Å². The van der Waals surface area contributed by atoms with E-state index in [2.05, 4.69) is 4.99 Å². The highest BCUT2D eigenvalue weighted by molar-refractivity contribution is 5.90. The normalized spacial score (nSPS) is 11.1. The molecule has 0 saturated carbocycles. The van der Waals surface area contributed by atoms with E-state index in [0.29, 0.717) is 23.7 Å². The summed E-state index contributed by atoms with van der Waals surface area (Å²) in [5, 5.41) is 0. The van der Waals surface area contributed by atoms with Crippen molar-refractivity contribution >= 4 is 29.8 Å². The molecule has 0 aromatic heterocycles. The Kier molecular flexibility index (Phi) is 6.97. The Labute approximate surface area is 153 Å². The second-order valence-electron chi connectivity index (χ2n) is 5.60. The Hall–Kier alpha value is -3.08. The Morgan fingerprint density at radius 2 is 1.62 bits per heavy atom. The van der Waals surface area contributed by atoms with Crippen molar-refractivity contribution in [2.24, 2.45) is 4.99 Å². The van der Waals surface area contributed by atoms with Crippen LogP contribution in [0.15, 0.2) is 41.4 Å². The van der Waals surface area contributed by atoms with Crippen LogP contribution in [0, 0.1) is 0 Å². The van der Waals surface area contributed by atoms with Gasteiger partial charge in [0.05, 0.1) is 27.0 Å². The average molecular weight is 353 g/mol. The van der Waals surface area contributed by atoms with Crippen LogP contribution in [0.1, 0.15) is 24.5 Å². The molecule has 5 heteroatoms. The lowest BCUT2D eigenvalue weighted by molar-refractivity contribution is -0.115. The van der Waals surface area contributed by atoms with Crippen LogP contribution in [-0.4, -0.2) is 33.3 Å². The summed E-state index contributed by atoms with van der Waals surface area (Å²) in [5.41, 5.74) is 2.72. The minimum atomic E-state index is 0.0900. The lowest BCUT2D eigenvalue weighted by atomic mass is 10.1. The molecule has 0 radical (unpaired) electrons. The van der Waals surface area contributed by atoms with Gasteiger partial charge in [-0.3, -0.25) is 9.79 Å². The number of Topliss-reactive ketones (excluding diaryl/α,β-unsaturated/α-hetero) is 1. The van der Waals surface area contributed by atoms with E-state index < -0.39 is 0 Å². The summed E-state index contributed by atoms with van der Waals surface area (Å²) in [5.74, 6) is 1.87. The van der Waals surface area contributed by atoms with Crippen molar-refractivity contribution in [1.82, 2.24) is 0 Å². The predicted molar refractivity (Wildman–Crippen MR) is 105 cm³/mol. The van der Waals surface area contributed by atoms with Crippen LogP contribution in [0.25, 0.3) is 12.2 Å². The van der Waals surface area contributed by atoms with Crippen LogP contribution in [0.5, 0.6) is 17.2 Å². The summed E-state index contributed by atoms with van der Waals surface area (Å²) in [6.07, 6.45) is 5.91. The molecule has 136 valence electrons. The maximum atomic E-state index is 11.0. The van der Waals surface area contributed by atoms with Gasteiger partial charge in [-0.1, -0.05) is 24.3 Å². The van der Waals surface area contributed by atoms with Crippen molar-refractivity contribution in [2.75, 3.05) is 21.3 Å². The minimum Gasteiger partial charge on any atom is -0.493 e. The molecular formula is C21H23NO4. The molecule has 0 N–H and O–H groups in total. The number of ether oxygens (including phenoxy) is 3. The number of rotatable bonds is 8. The molecule has 0 spiro atoms. The molecule has 0 aliphatic rings. The van der Waals surface area contributed by atoms with E-state index in [-0.39, 0.29) is 5.78 Å². The first-order chi connectivity index (χ1) is 12.6. The molecule has 0 atom stereocenters. The maximum Gasteiger partial charge on any atom is 0.203 e. The summed E-state index contributed by atoms with van der Waals surface area (Å²) in [6.45, 7) is 1.54. The van der Waals surface area contributed by atoms with Gasteiger partial charge in [0.2, 0.25) is 5.75 Å². The first kappa shape index (κ1) is 19.2. The number of hydrogen-bond donors (Lipinski definition) is 0. The minimum absolute atomic E-state index is 0.0900. The van der Waals surface area contributed by atoms with Gasteiger partial charge in [-0.15, -0.1) is 0 Å². The van der Waals surface area contributed by atoms with Crippen molar-refractivity contribution in [1.29, 1.82) is 0 Å². The largest absolute Gasteiger partial charge is 0.493 e. The highest BCUT2D eigenvalue weighted by Crippen LogP contribution is 2.38. The van der Waals surface area contributed by atoms with Gasteiger partial charge in [0.1, 0.15) is 5.78 Å². The monoisotopic (exact) mass is 353 g/mol. The molecular weight excluding hydrogens is 330 g/mol. The number of methoxy groups -OCH3 is 3. The molecule has 0 amide bonds. The van der Waals surface area contributed by atoms with Crippen molar-refractivity contribution in [3.8, 4) is 17.2 Å². The van der Waals surface area contributed by atoms with Gasteiger partial charge < -0.3 is 14.2 Å². The average Bonchev–Trinajstić information content (AvgIpc) is 2.65. The molecule has 0 heterocycles. The Balaban J connectivity index is 2.24. The van der Waals surface area contributed by atoms with Gasteiger partial charge in [-0.05, 0) is 42.3 Å². The highest BCUT2D eigenvalue weighted by atomic mass is 16.5. The van der Waals surface area contributed by atoms with E-state index in [1.165, 1.54) is 0 Å². The number of hydrogen-bond acceptors (Lipinski definition) is 5. The molecule has 5 nitrogen and oxygen atoms in total. The molecule has 0 saturated heterocycles. The van der Waals surface area contributed by atoms with Gasteiger partial charge in [0.15, 0.2) is 11.5 Å². The van der Waals surface area contributed by atoms with Crippen LogP contribution >= 0.6 is 0 Å². The van der Waals surface area contributed by atoms with E-state index in [1.54, 1.807) is 34.5 Å². The second-order valence-corrected chi connectivity index (χ2v) is 5.60. The number of aliphatic imine (C=N–C) groups is 1. The van der Waals surface area contributed by atoms with Crippen molar-refractivity contribution < 1.29 is 19.0 Å². The lowest BCUT2D eigenvalue weighted by Crippen LogP contribution is -1.95. The van der Waals surface area contributed by atoms with E-state index in [0.717, 1.165) is 16.8 Å². The molecule has 0 fully saturated rings. The fourth-order valence-electron chi connectivity index (χ4n) is 2.38. The summed E-state index contributed by atoms with van der Waals surface area (Å²) < 4.78 is 16.1. The van der Waals surface area contributed by atoms with E-state index in [9.17, 15) is 4.79 Å². The van der Waals surface area contributed by atoms with Crippen LogP contribution in [0.4, 0.5) is 5.69 Å². The zero-order chi connectivity index (χ0) is 18.9. The molecule has 0 bridgehead atoms. The summed E-state index contributed by atoms with van der Waals surface area (Å²) in [4.78, 5) is 15.3. The van der Waals surface area contributed by atoms with Gasteiger partial charge >= 0.3 is 0 Å². The van der Waals surface area contributed by atoms with Gasteiger partial charge in [-0.2, -0.15) is 0 Å². The number of benzene rings is 2. The number of carbonyl (C=O) groups excluding carboxylic acids is 1. The van der Waals surface area contributed by atoms with Crippen molar-refractivity contribution in [2.45, 2.75) is 13.3 Å².